The molecule has 0 spiro atoms. The quantitative estimate of drug-likeness (QED) is 0.211. The van der Waals surface area contributed by atoms with Crippen molar-refractivity contribution in [3.8, 4) is 0 Å². The summed E-state index contributed by atoms with van der Waals surface area (Å²) in [5.74, 6) is 0. The average molecular weight is 414 g/mol. The third kappa shape index (κ3) is 4.32. The Bertz CT molecular complexity index is 508. The van der Waals surface area contributed by atoms with E-state index in [0.29, 0.717) is 0 Å². The highest BCUT2D eigenvalue weighted by Gasteiger charge is 2.50. The number of hydrogen-bond acceptors (Lipinski definition) is 13. The number of rotatable bonds is 5. The first-order valence-corrected chi connectivity index (χ1v) is 8.81. The molecular weight excluding hydrogens is 388 g/mol. The molecule has 13 heteroatoms. The van der Waals surface area contributed by atoms with E-state index >= 15 is 0 Å². The van der Waals surface area contributed by atoms with Crippen LogP contribution in [0.5, 0.6) is 0 Å². The second-order valence-electron chi connectivity index (χ2n) is 6.95. The van der Waals surface area contributed by atoms with Gasteiger partial charge >= 0.3 is 0 Å². The largest absolute Gasteiger partial charge is 0.394 e. The van der Waals surface area contributed by atoms with Crippen LogP contribution < -0.4 is 0 Å². The van der Waals surface area contributed by atoms with Gasteiger partial charge in [0, 0.05) is 0 Å². The molecule has 0 bridgehead atoms. The number of aliphatic hydroxyl groups is 8. The number of hydrogen-bond donors (Lipinski definition) is 8. The molecular formula is C15H26O13. The second-order valence-corrected chi connectivity index (χ2v) is 6.95. The van der Waals surface area contributed by atoms with Gasteiger partial charge in [-0.15, -0.1) is 0 Å². The highest BCUT2D eigenvalue weighted by Crippen LogP contribution is 2.29. The fourth-order valence-corrected chi connectivity index (χ4v) is 3.30. The zero-order valence-corrected chi connectivity index (χ0v) is 14.7. The summed E-state index contributed by atoms with van der Waals surface area (Å²) < 4.78 is 25.8. The van der Waals surface area contributed by atoms with Gasteiger partial charge in [0.15, 0.2) is 18.9 Å². The van der Waals surface area contributed by atoms with Crippen LogP contribution in [0.1, 0.15) is 0 Å². The summed E-state index contributed by atoms with van der Waals surface area (Å²) in [6.07, 6.45) is -17.3. The molecule has 164 valence electrons. The van der Waals surface area contributed by atoms with Gasteiger partial charge in [0.05, 0.1) is 19.8 Å². The third-order valence-electron chi connectivity index (χ3n) is 4.95. The highest BCUT2D eigenvalue weighted by atomic mass is 16.7. The fourth-order valence-electron chi connectivity index (χ4n) is 3.30. The molecule has 0 aliphatic carbocycles. The van der Waals surface area contributed by atoms with Gasteiger partial charge in [-0.25, -0.2) is 0 Å². The molecule has 12 atom stereocenters. The van der Waals surface area contributed by atoms with E-state index in [0.717, 1.165) is 0 Å². The van der Waals surface area contributed by atoms with Crippen molar-refractivity contribution in [2.45, 2.75) is 73.8 Å². The van der Waals surface area contributed by atoms with E-state index in [9.17, 15) is 35.7 Å². The smallest absolute Gasteiger partial charge is 0.187 e. The summed E-state index contributed by atoms with van der Waals surface area (Å²) in [7, 11) is 0. The summed E-state index contributed by atoms with van der Waals surface area (Å²) in [6, 6.07) is 0. The maximum absolute atomic E-state index is 10.5. The summed E-state index contributed by atoms with van der Waals surface area (Å²) in [5.41, 5.74) is 0. The van der Waals surface area contributed by atoms with Crippen LogP contribution in [0.4, 0.5) is 0 Å². The Morgan fingerprint density at radius 2 is 1.25 bits per heavy atom. The lowest BCUT2D eigenvalue weighted by atomic mass is 10.0. The molecule has 0 radical (unpaired) electrons. The Hall–Kier alpha value is -0.520. The van der Waals surface area contributed by atoms with E-state index in [-0.39, 0.29) is 13.2 Å². The monoisotopic (exact) mass is 414 g/mol. The molecule has 0 aromatic carbocycles. The van der Waals surface area contributed by atoms with Crippen LogP contribution in [-0.2, 0) is 23.7 Å². The van der Waals surface area contributed by atoms with Crippen LogP contribution in [0, 0.1) is 0 Å². The lowest BCUT2D eigenvalue weighted by molar-refractivity contribution is -0.343. The van der Waals surface area contributed by atoms with Crippen molar-refractivity contribution in [1.82, 2.24) is 0 Å². The summed E-state index contributed by atoms with van der Waals surface area (Å²) in [5, 5.41) is 78.7. The van der Waals surface area contributed by atoms with Gasteiger partial charge in [-0.05, 0) is 0 Å². The second kappa shape index (κ2) is 9.09. The molecule has 0 aromatic rings. The lowest BCUT2D eigenvalue weighted by Crippen LogP contribution is -2.61. The van der Waals surface area contributed by atoms with Gasteiger partial charge in [0.2, 0.25) is 0 Å². The number of ether oxygens (including phenoxy) is 5. The summed E-state index contributed by atoms with van der Waals surface area (Å²) in [4.78, 5) is 0. The van der Waals surface area contributed by atoms with Gasteiger partial charge < -0.3 is 64.5 Å². The van der Waals surface area contributed by atoms with Crippen LogP contribution in [0.25, 0.3) is 0 Å². The number of aliphatic hydroxyl groups excluding tert-OH is 8. The van der Waals surface area contributed by atoms with Crippen LogP contribution in [0.15, 0.2) is 0 Å². The van der Waals surface area contributed by atoms with Crippen LogP contribution >= 0.6 is 0 Å². The van der Waals surface area contributed by atoms with Gasteiger partial charge in [-0.3, -0.25) is 0 Å². The van der Waals surface area contributed by atoms with Crippen molar-refractivity contribution in [1.29, 1.82) is 0 Å². The predicted molar refractivity (Wildman–Crippen MR) is 83.2 cm³/mol. The van der Waals surface area contributed by atoms with E-state index in [1.54, 1.807) is 0 Å². The van der Waals surface area contributed by atoms with Crippen molar-refractivity contribution in [2.75, 3.05) is 19.8 Å². The Labute approximate surface area is 159 Å². The van der Waals surface area contributed by atoms with Crippen molar-refractivity contribution >= 4 is 0 Å². The van der Waals surface area contributed by atoms with E-state index in [1.807, 2.05) is 0 Å². The van der Waals surface area contributed by atoms with Gasteiger partial charge in [-0.1, -0.05) is 0 Å². The topological polar surface area (TPSA) is 208 Å². The molecule has 3 rings (SSSR count). The zero-order chi connectivity index (χ0) is 20.6. The lowest BCUT2D eigenvalue weighted by Gasteiger charge is -2.42. The standard InChI is InChI=1S/C15H26O13/c16-1-6-7(19)8(20)15(26-6)28-12-5(18)3-25-14(10(12)22)27-11-4(17)2-24-13(23)9(11)21/h4-23H,1-3H2/t4-,5-,6+,7+,8-,9-,10-,11+,12+,13?,14?,15?/m1/s1. The Balaban J connectivity index is 1.65. The zero-order valence-electron chi connectivity index (χ0n) is 14.7. The van der Waals surface area contributed by atoms with Crippen molar-refractivity contribution in [2.24, 2.45) is 0 Å². The van der Waals surface area contributed by atoms with Crippen molar-refractivity contribution in [3.05, 3.63) is 0 Å². The Morgan fingerprint density at radius 1 is 0.679 bits per heavy atom. The molecule has 3 aliphatic rings. The average Bonchev–Trinajstić information content (AvgIpc) is 2.94. The highest BCUT2D eigenvalue weighted by molar-refractivity contribution is 4.92. The van der Waals surface area contributed by atoms with Crippen molar-refractivity contribution < 1.29 is 64.5 Å². The fraction of sp³-hybridized carbons (Fsp3) is 1.00. The molecule has 0 aromatic heterocycles. The maximum Gasteiger partial charge on any atom is 0.187 e. The van der Waals surface area contributed by atoms with Gasteiger partial charge in [0.25, 0.3) is 0 Å². The van der Waals surface area contributed by atoms with E-state index in [1.165, 1.54) is 0 Å². The normalized spacial score (nSPS) is 52.7. The predicted octanol–water partition coefficient (Wildman–Crippen LogP) is -5.66. The van der Waals surface area contributed by atoms with E-state index in [4.69, 9.17) is 28.8 Å². The molecule has 0 saturated carbocycles. The maximum atomic E-state index is 10.5. The third-order valence-corrected chi connectivity index (χ3v) is 4.95. The van der Waals surface area contributed by atoms with E-state index in [2.05, 4.69) is 0 Å². The van der Waals surface area contributed by atoms with Crippen LogP contribution in [0.3, 0.4) is 0 Å². The first-order valence-electron chi connectivity index (χ1n) is 8.81. The summed E-state index contributed by atoms with van der Waals surface area (Å²) >= 11 is 0. The minimum absolute atomic E-state index is 0.323. The molecule has 13 nitrogen and oxygen atoms in total. The molecule has 3 heterocycles. The first kappa shape index (κ1) is 22.2. The van der Waals surface area contributed by atoms with Gasteiger partial charge in [0.1, 0.15) is 54.9 Å². The molecule has 3 unspecified atom stereocenters. The molecule has 0 amide bonds. The minimum Gasteiger partial charge on any atom is -0.394 e. The molecule has 3 saturated heterocycles. The van der Waals surface area contributed by atoms with Crippen LogP contribution in [0.2, 0.25) is 0 Å². The first-order chi connectivity index (χ1) is 13.2. The molecule has 8 N–H and O–H groups in total. The molecule has 28 heavy (non-hydrogen) atoms. The summed E-state index contributed by atoms with van der Waals surface area (Å²) in [6.45, 7) is -1.26. The van der Waals surface area contributed by atoms with E-state index < -0.39 is 80.4 Å². The molecule has 3 fully saturated rings. The Morgan fingerprint density at radius 3 is 1.86 bits per heavy atom. The van der Waals surface area contributed by atoms with Crippen LogP contribution in [-0.4, -0.2) is 134 Å². The van der Waals surface area contributed by atoms with Gasteiger partial charge in [-0.2, -0.15) is 0 Å². The molecule has 3 aliphatic heterocycles. The van der Waals surface area contributed by atoms with Crippen molar-refractivity contribution in [3.63, 3.8) is 0 Å². The Kier molecular flexibility index (Phi) is 7.20. The SMILES string of the molecule is OC[C@@H]1OC(O[C@H]2[C@H](O)COC(O[C@H]3[C@H](O)COC(O)[C@@H]3O)[C@@H]2O)[C@H](O)[C@H]1O. The minimum atomic E-state index is -1.65.